The van der Waals surface area contributed by atoms with Gasteiger partial charge in [0.05, 0.1) is 10.6 Å². The summed E-state index contributed by atoms with van der Waals surface area (Å²) in [5, 5.41) is 9.60. The second-order valence-corrected chi connectivity index (χ2v) is 4.89. The first-order chi connectivity index (χ1) is 8.97. The van der Waals surface area contributed by atoms with Gasteiger partial charge >= 0.3 is 0 Å². The number of halogens is 3. The molecule has 0 fully saturated rings. The Bertz CT molecular complexity index is 600. The Labute approximate surface area is 117 Å². The molecule has 2 rings (SSSR count). The van der Waals surface area contributed by atoms with Gasteiger partial charge in [0.2, 0.25) is 0 Å². The summed E-state index contributed by atoms with van der Waals surface area (Å²) in [6.45, 7) is 1.52. The minimum absolute atomic E-state index is 0.323. The van der Waals surface area contributed by atoms with E-state index in [0.717, 1.165) is 0 Å². The number of aliphatic hydroxyl groups excluding tert-OH is 1. The molecule has 0 saturated heterocycles. The van der Waals surface area contributed by atoms with Gasteiger partial charge < -0.3 is 9.84 Å². The van der Waals surface area contributed by atoms with Crippen molar-refractivity contribution in [2.75, 3.05) is 0 Å². The van der Waals surface area contributed by atoms with E-state index < -0.39 is 17.7 Å². The second-order valence-electron chi connectivity index (χ2n) is 4.03. The standard InChI is InChI=1S/C14H11BrF2O2/c1-8(18)11-6-9(16)2-4-13(11)19-14-5-3-10(17)7-12(14)15/h2-8,18H,1H3. The first kappa shape index (κ1) is 14.0. The Morgan fingerprint density at radius 1 is 1.05 bits per heavy atom. The molecule has 1 N–H and O–H groups in total. The van der Waals surface area contributed by atoms with E-state index in [9.17, 15) is 13.9 Å². The van der Waals surface area contributed by atoms with E-state index in [4.69, 9.17) is 4.74 Å². The van der Waals surface area contributed by atoms with Crippen LogP contribution in [-0.2, 0) is 0 Å². The topological polar surface area (TPSA) is 29.5 Å². The molecule has 0 heterocycles. The molecule has 19 heavy (non-hydrogen) atoms. The maximum atomic E-state index is 13.2. The van der Waals surface area contributed by atoms with Crippen LogP contribution in [0.3, 0.4) is 0 Å². The van der Waals surface area contributed by atoms with Crippen molar-refractivity contribution >= 4 is 15.9 Å². The van der Waals surface area contributed by atoms with Gasteiger partial charge in [-0.3, -0.25) is 0 Å². The Balaban J connectivity index is 2.38. The van der Waals surface area contributed by atoms with Crippen molar-refractivity contribution in [2.24, 2.45) is 0 Å². The van der Waals surface area contributed by atoms with E-state index in [2.05, 4.69) is 15.9 Å². The minimum Gasteiger partial charge on any atom is -0.456 e. The van der Waals surface area contributed by atoms with E-state index in [-0.39, 0.29) is 0 Å². The highest BCUT2D eigenvalue weighted by atomic mass is 79.9. The molecule has 0 aliphatic heterocycles. The molecule has 5 heteroatoms. The fourth-order valence-corrected chi connectivity index (χ4v) is 2.05. The fraction of sp³-hybridized carbons (Fsp3) is 0.143. The Kier molecular flexibility index (Phi) is 4.17. The van der Waals surface area contributed by atoms with Crippen LogP contribution in [0.25, 0.3) is 0 Å². The van der Waals surface area contributed by atoms with Gasteiger partial charge in [0.1, 0.15) is 23.1 Å². The van der Waals surface area contributed by atoms with Crippen molar-refractivity contribution in [2.45, 2.75) is 13.0 Å². The third kappa shape index (κ3) is 3.30. The lowest BCUT2D eigenvalue weighted by Crippen LogP contribution is -1.97. The van der Waals surface area contributed by atoms with Gasteiger partial charge in [0.25, 0.3) is 0 Å². The maximum absolute atomic E-state index is 13.2. The zero-order valence-electron chi connectivity index (χ0n) is 10.0. The van der Waals surface area contributed by atoms with Gasteiger partial charge in [-0.05, 0) is 59.3 Å². The fourth-order valence-electron chi connectivity index (χ4n) is 1.62. The average Bonchev–Trinajstić information content (AvgIpc) is 2.34. The molecule has 0 amide bonds. The largest absolute Gasteiger partial charge is 0.456 e. The number of ether oxygens (including phenoxy) is 1. The summed E-state index contributed by atoms with van der Waals surface area (Å²) >= 11 is 3.18. The molecule has 0 radical (unpaired) electrons. The van der Waals surface area contributed by atoms with Crippen molar-refractivity contribution < 1.29 is 18.6 Å². The molecule has 100 valence electrons. The molecule has 0 aliphatic rings. The monoisotopic (exact) mass is 328 g/mol. The van der Waals surface area contributed by atoms with Crippen LogP contribution in [0.2, 0.25) is 0 Å². The summed E-state index contributed by atoms with van der Waals surface area (Å²) in [5.74, 6) is -0.144. The summed E-state index contributed by atoms with van der Waals surface area (Å²) in [4.78, 5) is 0. The van der Waals surface area contributed by atoms with Crippen LogP contribution in [0, 0.1) is 11.6 Å². The summed E-state index contributed by atoms with van der Waals surface area (Å²) in [6, 6.07) is 7.84. The molecule has 2 aromatic rings. The third-order valence-electron chi connectivity index (χ3n) is 2.54. The first-order valence-corrected chi connectivity index (χ1v) is 6.37. The molecule has 0 saturated carbocycles. The van der Waals surface area contributed by atoms with Crippen LogP contribution in [0.4, 0.5) is 8.78 Å². The summed E-state index contributed by atoms with van der Waals surface area (Å²) in [7, 11) is 0. The SMILES string of the molecule is CC(O)c1cc(F)ccc1Oc1ccc(F)cc1Br. The number of rotatable bonds is 3. The van der Waals surface area contributed by atoms with E-state index in [1.54, 1.807) is 0 Å². The van der Waals surface area contributed by atoms with E-state index in [0.29, 0.717) is 21.5 Å². The van der Waals surface area contributed by atoms with Crippen LogP contribution in [-0.4, -0.2) is 5.11 Å². The summed E-state index contributed by atoms with van der Waals surface area (Å²) in [5.41, 5.74) is 0.330. The van der Waals surface area contributed by atoms with Crippen molar-refractivity contribution in [1.29, 1.82) is 0 Å². The lowest BCUT2D eigenvalue weighted by molar-refractivity contribution is 0.195. The highest BCUT2D eigenvalue weighted by Gasteiger charge is 2.13. The number of hydrogen-bond donors (Lipinski definition) is 1. The zero-order valence-corrected chi connectivity index (χ0v) is 11.6. The molecule has 0 spiro atoms. The Morgan fingerprint density at radius 3 is 2.21 bits per heavy atom. The van der Waals surface area contributed by atoms with Crippen molar-refractivity contribution in [3.05, 3.63) is 58.1 Å². The first-order valence-electron chi connectivity index (χ1n) is 5.58. The number of aliphatic hydroxyl groups is 1. The van der Waals surface area contributed by atoms with Crippen LogP contribution in [0.5, 0.6) is 11.5 Å². The smallest absolute Gasteiger partial charge is 0.141 e. The van der Waals surface area contributed by atoms with Crippen molar-refractivity contribution in [3.63, 3.8) is 0 Å². The van der Waals surface area contributed by atoms with Gasteiger partial charge in [-0.2, -0.15) is 0 Å². The molecule has 0 bridgehead atoms. The van der Waals surface area contributed by atoms with Crippen LogP contribution in [0.15, 0.2) is 40.9 Å². The predicted molar refractivity (Wildman–Crippen MR) is 71.2 cm³/mol. The van der Waals surface area contributed by atoms with Crippen LogP contribution < -0.4 is 4.74 Å². The third-order valence-corrected chi connectivity index (χ3v) is 3.16. The molecule has 2 nitrogen and oxygen atoms in total. The van der Waals surface area contributed by atoms with E-state index >= 15 is 0 Å². The molecule has 1 atom stereocenters. The molecule has 2 aromatic carbocycles. The lowest BCUT2D eigenvalue weighted by Gasteiger charge is -2.14. The number of hydrogen-bond acceptors (Lipinski definition) is 2. The normalized spacial score (nSPS) is 12.3. The molecule has 0 aromatic heterocycles. The van der Waals surface area contributed by atoms with E-state index in [1.807, 2.05) is 0 Å². The van der Waals surface area contributed by atoms with Crippen LogP contribution in [0.1, 0.15) is 18.6 Å². The van der Waals surface area contributed by atoms with Gasteiger partial charge in [-0.1, -0.05) is 0 Å². The van der Waals surface area contributed by atoms with E-state index in [1.165, 1.54) is 43.3 Å². The number of benzene rings is 2. The highest BCUT2D eigenvalue weighted by Crippen LogP contribution is 2.34. The predicted octanol–water partition coefficient (Wildman–Crippen LogP) is 4.57. The maximum Gasteiger partial charge on any atom is 0.141 e. The second kappa shape index (κ2) is 5.67. The zero-order chi connectivity index (χ0) is 14.0. The minimum atomic E-state index is -0.870. The Morgan fingerprint density at radius 2 is 1.63 bits per heavy atom. The van der Waals surface area contributed by atoms with Gasteiger partial charge in [-0.25, -0.2) is 8.78 Å². The Hall–Kier alpha value is -1.46. The molecule has 1 unspecified atom stereocenters. The van der Waals surface area contributed by atoms with Gasteiger partial charge in [-0.15, -0.1) is 0 Å². The summed E-state index contributed by atoms with van der Waals surface area (Å²) in [6.07, 6.45) is -0.870. The summed E-state index contributed by atoms with van der Waals surface area (Å²) < 4.78 is 32.1. The quantitative estimate of drug-likeness (QED) is 0.894. The van der Waals surface area contributed by atoms with Gasteiger partial charge in [0, 0.05) is 5.56 Å². The highest BCUT2D eigenvalue weighted by molar-refractivity contribution is 9.10. The molecular weight excluding hydrogens is 318 g/mol. The lowest BCUT2D eigenvalue weighted by atomic mass is 10.1. The average molecular weight is 329 g/mol. The van der Waals surface area contributed by atoms with Gasteiger partial charge in [0.15, 0.2) is 0 Å². The van der Waals surface area contributed by atoms with Crippen LogP contribution >= 0.6 is 15.9 Å². The molecular formula is C14H11BrF2O2. The molecule has 0 aliphatic carbocycles. The van der Waals surface area contributed by atoms with Crippen molar-refractivity contribution in [1.82, 2.24) is 0 Å². The van der Waals surface area contributed by atoms with Crippen molar-refractivity contribution in [3.8, 4) is 11.5 Å².